The molecule has 0 saturated heterocycles. The second kappa shape index (κ2) is 4.90. The average Bonchev–Trinajstić information content (AvgIpc) is 2.21. The predicted molar refractivity (Wildman–Crippen MR) is 58.0 cm³/mol. The van der Waals surface area contributed by atoms with Gasteiger partial charge in [0.1, 0.15) is 5.82 Å². The van der Waals surface area contributed by atoms with E-state index < -0.39 is 21.9 Å². The summed E-state index contributed by atoms with van der Waals surface area (Å²) in [4.78, 5) is -0.143. The van der Waals surface area contributed by atoms with Crippen molar-refractivity contribution in [3.8, 4) is 0 Å². The Bertz CT molecular complexity index is 473. The summed E-state index contributed by atoms with van der Waals surface area (Å²) in [5.74, 6) is -0.570. The van der Waals surface area contributed by atoms with Gasteiger partial charge in [0, 0.05) is 6.04 Å². The van der Waals surface area contributed by atoms with E-state index in [-0.39, 0.29) is 11.5 Å². The summed E-state index contributed by atoms with van der Waals surface area (Å²) in [6, 6.07) is 3.08. The van der Waals surface area contributed by atoms with E-state index in [0.717, 1.165) is 6.07 Å². The molecule has 0 aliphatic heterocycles. The summed E-state index contributed by atoms with van der Waals surface area (Å²) in [5.41, 5.74) is 0.383. The molecule has 1 atom stereocenters. The van der Waals surface area contributed by atoms with E-state index in [4.69, 9.17) is 5.11 Å². The molecule has 0 aliphatic rings. The van der Waals surface area contributed by atoms with Crippen molar-refractivity contribution in [3.05, 3.63) is 29.6 Å². The Morgan fingerprint density at radius 2 is 2.12 bits per heavy atom. The largest absolute Gasteiger partial charge is 0.395 e. The van der Waals surface area contributed by atoms with E-state index in [9.17, 15) is 12.8 Å². The summed E-state index contributed by atoms with van der Waals surface area (Å²) in [7, 11) is -3.76. The van der Waals surface area contributed by atoms with Crippen molar-refractivity contribution in [1.29, 1.82) is 0 Å². The first kappa shape index (κ1) is 13.1. The maximum absolute atomic E-state index is 13.2. The number of nitrogens with one attached hydrogen (secondary N) is 1. The molecule has 1 aromatic rings. The third-order valence-corrected chi connectivity index (χ3v) is 3.67. The van der Waals surface area contributed by atoms with Gasteiger partial charge in [-0.05, 0) is 31.5 Å². The number of sulfonamides is 1. The van der Waals surface area contributed by atoms with E-state index in [1.807, 2.05) is 0 Å². The summed E-state index contributed by atoms with van der Waals surface area (Å²) >= 11 is 0. The van der Waals surface area contributed by atoms with Gasteiger partial charge in [-0.25, -0.2) is 17.5 Å². The highest BCUT2D eigenvalue weighted by molar-refractivity contribution is 7.89. The van der Waals surface area contributed by atoms with Gasteiger partial charge in [0.05, 0.1) is 11.5 Å². The molecular weight excluding hydrogens is 233 g/mol. The van der Waals surface area contributed by atoms with Crippen LogP contribution in [0.3, 0.4) is 0 Å². The number of aryl methyl sites for hydroxylation is 1. The maximum Gasteiger partial charge on any atom is 0.240 e. The van der Waals surface area contributed by atoms with Crippen LogP contribution in [0.1, 0.15) is 12.5 Å². The third kappa shape index (κ3) is 3.01. The van der Waals surface area contributed by atoms with Crippen molar-refractivity contribution in [1.82, 2.24) is 4.72 Å². The SMILES string of the molecule is Cc1ccc(S(=O)(=O)N[C@@H](C)CO)cc1F. The van der Waals surface area contributed by atoms with Gasteiger partial charge in [-0.2, -0.15) is 0 Å². The van der Waals surface area contributed by atoms with Crippen LogP contribution in [0.4, 0.5) is 4.39 Å². The van der Waals surface area contributed by atoms with Crippen LogP contribution in [-0.4, -0.2) is 26.2 Å². The summed E-state index contributed by atoms with van der Waals surface area (Å²) < 4.78 is 38.8. The molecule has 4 nitrogen and oxygen atoms in total. The zero-order valence-corrected chi connectivity index (χ0v) is 9.88. The molecule has 2 N–H and O–H groups in total. The first-order valence-corrected chi connectivity index (χ1v) is 6.24. The molecule has 0 aromatic heterocycles. The minimum absolute atomic E-state index is 0.143. The van der Waals surface area contributed by atoms with E-state index in [1.54, 1.807) is 6.92 Å². The summed E-state index contributed by atoms with van der Waals surface area (Å²) in [5, 5.41) is 8.74. The Morgan fingerprint density at radius 3 is 2.62 bits per heavy atom. The molecule has 0 bridgehead atoms. The Hall–Kier alpha value is -0.980. The number of hydrogen-bond donors (Lipinski definition) is 2. The average molecular weight is 247 g/mol. The van der Waals surface area contributed by atoms with Crippen LogP contribution in [0, 0.1) is 12.7 Å². The van der Waals surface area contributed by atoms with E-state index in [1.165, 1.54) is 19.1 Å². The van der Waals surface area contributed by atoms with Crippen LogP contribution in [0.25, 0.3) is 0 Å². The number of benzene rings is 1. The Kier molecular flexibility index (Phi) is 4.01. The molecule has 0 amide bonds. The molecule has 0 fully saturated rings. The zero-order chi connectivity index (χ0) is 12.3. The Labute approximate surface area is 94.2 Å². The highest BCUT2D eigenvalue weighted by atomic mass is 32.2. The molecule has 6 heteroatoms. The molecular formula is C10H14FNO3S. The Balaban J connectivity index is 3.03. The molecule has 0 heterocycles. The van der Waals surface area contributed by atoms with Gasteiger partial charge in [0.15, 0.2) is 0 Å². The maximum atomic E-state index is 13.2. The minimum Gasteiger partial charge on any atom is -0.395 e. The lowest BCUT2D eigenvalue weighted by atomic mass is 10.2. The zero-order valence-electron chi connectivity index (χ0n) is 9.07. The highest BCUT2D eigenvalue weighted by Gasteiger charge is 2.17. The highest BCUT2D eigenvalue weighted by Crippen LogP contribution is 2.14. The second-order valence-corrected chi connectivity index (χ2v) is 5.33. The topological polar surface area (TPSA) is 66.4 Å². The molecule has 90 valence electrons. The van der Waals surface area contributed by atoms with Crippen LogP contribution >= 0.6 is 0 Å². The molecule has 0 saturated carbocycles. The molecule has 0 spiro atoms. The minimum atomic E-state index is -3.76. The lowest BCUT2D eigenvalue weighted by molar-refractivity contribution is 0.265. The van der Waals surface area contributed by atoms with Gasteiger partial charge in [0.2, 0.25) is 10.0 Å². The molecule has 0 radical (unpaired) electrons. The van der Waals surface area contributed by atoms with Gasteiger partial charge in [-0.1, -0.05) is 6.07 Å². The molecule has 1 aromatic carbocycles. The van der Waals surface area contributed by atoms with E-state index in [2.05, 4.69) is 4.72 Å². The lowest BCUT2D eigenvalue weighted by Gasteiger charge is -2.11. The van der Waals surface area contributed by atoms with Crippen molar-refractivity contribution in [2.75, 3.05) is 6.61 Å². The van der Waals surface area contributed by atoms with Crippen LogP contribution in [0.15, 0.2) is 23.1 Å². The number of aliphatic hydroxyl groups is 1. The Morgan fingerprint density at radius 1 is 1.50 bits per heavy atom. The summed E-state index contributed by atoms with van der Waals surface area (Å²) in [6.45, 7) is 2.76. The van der Waals surface area contributed by atoms with Crippen molar-refractivity contribution >= 4 is 10.0 Å². The standard InChI is InChI=1S/C10H14FNO3S/c1-7-3-4-9(5-10(7)11)16(14,15)12-8(2)6-13/h3-5,8,12-13H,6H2,1-2H3/t8-/m0/s1. The van der Waals surface area contributed by atoms with Gasteiger partial charge in [0.25, 0.3) is 0 Å². The third-order valence-electron chi connectivity index (χ3n) is 2.08. The van der Waals surface area contributed by atoms with Crippen LogP contribution in [-0.2, 0) is 10.0 Å². The predicted octanol–water partition coefficient (Wildman–Crippen LogP) is 0.793. The molecule has 0 unspecified atom stereocenters. The van der Waals surface area contributed by atoms with Gasteiger partial charge in [-0.3, -0.25) is 0 Å². The molecule has 16 heavy (non-hydrogen) atoms. The van der Waals surface area contributed by atoms with Crippen LogP contribution in [0.2, 0.25) is 0 Å². The van der Waals surface area contributed by atoms with Crippen molar-refractivity contribution in [2.24, 2.45) is 0 Å². The fourth-order valence-electron chi connectivity index (χ4n) is 1.11. The number of hydrogen-bond acceptors (Lipinski definition) is 3. The number of rotatable bonds is 4. The van der Waals surface area contributed by atoms with Crippen molar-refractivity contribution < 1.29 is 17.9 Å². The smallest absolute Gasteiger partial charge is 0.240 e. The second-order valence-electron chi connectivity index (χ2n) is 3.62. The molecule has 1 rings (SSSR count). The van der Waals surface area contributed by atoms with E-state index in [0.29, 0.717) is 5.56 Å². The number of aliphatic hydroxyl groups excluding tert-OH is 1. The summed E-state index contributed by atoms with van der Waals surface area (Å²) in [6.07, 6.45) is 0. The van der Waals surface area contributed by atoms with Crippen molar-refractivity contribution in [2.45, 2.75) is 24.8 Å². The van der Waals surface area contributed by atoms with Crippen molar-refractivity contribution in [3.63, 3.8) is 0 Å². The number of halogens is 1. The quantitative estimate of drug-likeness (QED) is 0.826. The van der Waals surface area contributed by atoms with Gasteiger partial charge < -0.3 is 5.11 Å². The first-order chi connectivity index (χ1) is 7.36. The lowest BCUT2D eigenvalue weighted by Crippen LogP contribution is -2.35. The fraction of sp³-hybridized carbons (Fsp3) is 0.400. The normalized spacial score (nSPS) is 13.8. The van der Waals surface area contributed by atoms with Gasteiger partial charge in [-0.15, -0.1) is 0 Å². The van der Waals surface area contributed by atoms with E-state index >= 15 is 0 Å². The first-order valence-electron chi connectivity index (χ1n) is 4.76. The molecule has 0 aliphatic carbocycles. The van der Waals surface area contributed by atoms with Crippen LogP contribution < -0.4 is 4.72 Å². The van der Waals surface area contributed by atoms with Gasteiger partial charge >= 0.3 is 0 Å². The van der Waals surface area contributed by atoms with Crippen LogP contribution in [0.5, 0.6) is 0 Å². The fourth-order valence-corrected chi connectivity index (χ4v) is 2.36. The monoisotopic (exact) mass is 247 g/mol.